The van der Waals surface area contributed by atoms with Crippen molar-refractivity contribution < 1.29 is 22.8 Å². The van der Waals surface area contributed by atoms with Crippen molar-refractivity contribution in [3.63, 3.8) is 0 Å². The predicted octanol–water partition coefficient (Wildman–Crippen LogP) is 2.93. The van der Waals surface area contributed by atoms with Crippen molar-refractivity contribution in [3.05, 3.63) is 23.8 Å². The van der Waals surface area contributed by atoms with E-state index in [-0.39, 0.29) is 11.3 Å². The Hall–Kier alpha value is -1.14. The standard InChI is InChI=1S/C14H19BF2O3/c1-13(2)14(3,4)20-15(19-13)9-6-7-11(18-5)10(8-9)12(16)17/h6-8,12H,1-5H3. The number of rotatable bonds is 3. The zero-order chi connectivity index (χ0) is 15.1. The molecule has 0 aromatic heterocycles. The number of hydrogen-bond acceptors (Lipinski definition) is 3. The zero-order valence-corrected chi connectivity index (χ0v) is 12.4. The van der Waals surface area contributed by atoms with Gasteiger partial charge in [0, 0.05) is 0 Å². The van der Waals surface area contributed by atoms with Crippen LogP contribution >= 0.6 is 0 Å². The molecule has 0 amide bonds. The molecular weight excluding hydrogens is 265 g/mol. The van der Waals surface area contributed by atoms with E-state index in [1.807, 2.05) is 27.7 Å². The van der Waals surface area contributed by atoms with E-state index in [4.69, 9.17) is 14.0 Å². The number of ether oxygens (including phenoxy) is 1. The highest BCUT2D eigenvalue weighted by molar-refractivity contribution is 6.62. The number of methoxy groups -OCH3 is 1. The van der Waals surface area contributed by atoms with Crippen LogP contribution in [0.1, 0.15) is 39.7 Å². The molecule has 3 nitrogen and oxygen atoms in total. The Morgan fingerprint density at radius 2 is 1.65 bits per heavy atom. The first-order valence-corrected chi connectivity index (χ1v) is 6.49. The quantitative estimate of drug-likeness (QED) is 0.799. The van der Waals surface area contributed by atoms with Crippen molar-refractivity contribution in [3.8, 4) is 5.75 Å². The lowest BCUT2D eigenvalue weighted by atomic mass is 9.78. The van der Waals surface area contributed by atoms with Crippen molar-refractivity contribution in [1.82, 2.24) is 0 Å². The van der Waals surface area contributed by atoms with Crippen LogP contribution in [-0.2, 0) is 9.31 Å². The van der Waals surface area contributed by atoms with Gasteiger partial charge in [-0.2, -0.15) is 0 Å². The third kappa shape index (κ3) is 2.54. The third-order valence-electron chi connectivity index (χ3n) is 4.01. The molecular formula is C14H19BF2O3. The van der Waals surface area contributed by atoms with E-state index in [2.05, 4.69) is 0 Å². The van der Waals surface area contributed by atoms with Gasteiger partial charge in [-0.05, 0) is 45.3 Å². The Morgan fingerprint density at radius 3 is 2.10 bits per heavy atom. The average molecular weight is 284 g/mol. The summed E-state index contributed by atoms with van der Waals surface area (Å²) in [6.07, 6.45) is -2.60. The molecule has 0 bridgehead atoms. The molecule has 110 valence electrons. The SMILES string of the molecule is COc1ccc(B2OC(C)(C)C(C)(C)O2)cc1C(F)F. The van der Waals surface area contributed by atoms with Gasteiger partial charge in [0.25, 0.3) is 6.43 Å². The summed E-state index contributed by atoms with van der Waals surface area (Å²) < 4.78 is 42.7. The summed E-state index contributed by atoms with van der Waals surface area (Å²) >= 11 is 0. The number of alkyl halides is 2. The molecule has 1 aliphatic rings. The normalized spacial score (nSPS) is 20.5. The Bertz CT molecular complexity index is 487. The highest BCUT2D eigenvalue weighted by Crippen LogP contribution is 2.37. The lowest BCUT2D eigenvalue weighted by Gasteiger charge is -2.32. The van der Waals surface area contributed by atoms with E-state index in [1.54, 1.807) is 6.07 Å². The van der Waals surface area contributed by atoms with Gasteiger partial charge in [0.05, 0.1) is 23.9 Å². The summed E-state index contributed by atoms with van der Waals surface area (Å²) in [5, 5.41) is 0. The van der Waals surface area contributed by atoms with Crippen LogP contribution in [0.2, 0.25) is 0 Å². The van der Waals surface area contributed by atoms with Crippen LogP contribution < -0.4 is 10.2 Å². The lowest BCUT2D eigenvalue weighted by molar-refractivity contribution is 0.00578. The van der Waals surface area contributed by atoms with Crippen molar-refractivity contribution in [2.75, 3.05) is 7.11 Å². The maximum absolute atomic E-state index is 13.0. The second-order valence-electron chi connectivity index (χ2n) is 5.89. The van der Waals surface area contributed by atoms with Crippen LogP contribution in [0.15, 0.2) is 18.2 Å². The van der Waals surface area contributed by atoms with Crippen molar-refractivity contribution in [2.24, 2.45) is 0 Å². The zero-order valence-electron chi connectivity index (χ0n) is 12.4. The third-order valence-corrected chi connectivity index (χ3v) is 4.01. The molecule has 1 aromatic carbocycles. The molecule has 1 aromatic rings. The first-order chi connectivity index (χ1) is 9.18. The largest absolute Gasteiger partial charge is 0.496 e. The van der Waals surface area contributed by atoms with Crippen LogP contribution in [-0.4, -0.2) is 25.4 Å². The predicted molar refractivity (Wildman–Crippen MR) is 73.7 cm³/mol. The molecule has 0 aliphatic carbocycles. The van der Waals surface area contributed by atoms with Gasteiger partial charge >= 0.3 is 7.12 Å². The van der Waals surface area contributed by atoms with E-state index in [9.17, 15) is 8.78 Å². The maximum atomic E-state index is 13.0. The monoisotopic (exact) mass is 284 g/mol. The smallest absolute Gasteiger partial charge is 0.494 e. The fraction of sp³-hybridized carbons (Fsp3) is 0.571. The van der Waals surface area contributed by atoms with E-state index in [0.717, 1.165) is 0 Å². The second-order valence-corrected chi connectivity index (χ2v) is 5.89. The minimum absolute atomic E-state index is 0.153. The fourth-order valence-electron chi connectivity index (χ4n) is 2.05. The number of halogens is 2. The molecule has 1 saturated heterocycles. The summed E-state index contributed by atoms with van der Waals surface area (Å²) in [5.41, 5.74) is -0.579. The van der Waals surface area contributed by atoms with Gasteiger partial charge in [-0.1, -0.05) is 6.07 Å². The van der Waals surface area contributed by atoms with Crippen LogP contribution in [0.5, 0.6) is 5.75 Å². The Balaban J connectivity index is 2.34. The first kappa shape index (κ1) is 15.3. The van der Waals surface area contributed by atoms with Gasteiger partial charge in [-0.15, -0.1) is 0 Å². The molecule has 0 unspecified atom stereocenters. The van der Waals surface area contributed by atoms with Crippen LogP contribution in [0.3, 0.4) is 0 Å². The number of benzene rings is 1. The van der Waals surface area contributed by atoms with Crippen LogP contribution in [0.4, 0.5) is 8.78 Å². The Morgan fingerprint density at radius 1 is 1.10 bits per heavy atom. The lowest BCUT2D eigenvalue weighted by Crippen LogP contribution is -2.41. The summed E-state index contributed by atoms with van der Waals surface area (Å²) in [4.78, 5) is 0. The molecule has 1 heterocycles. The van der Waals surface area contributed by atoms with Gasteiger partial charge < -0.3 is 14.0 Å². The van der Waals surface area contributed by atoms with E-state index >= 15 is 0 Å². The first-order valence-electron chi connectivity index (χ1n) is 6.49. The summed E-state index contributed by atoms with van der Waals surface area (Å²) in [6.45, 7) is 7.68. The average Bonchev–Trinajstić information content (AvgIpc) is 2.57. The summed E-state index contributed by atoms with van der Waals surface area (Å²) in [5.74, 6) is 0.167. The van der Waals surface area contributed by atoms with E-state index in [1.165, 1.54) is 19.2 Å². The molecule has 0 spiro atoms. The van der Waals surface area contributed by atoms with Gasteiger partial charge in [0.2, 0.25) is 0 Å². The molecule has 0 saturated carbocycles. The highest BCUT2D eigenvalue weighted by atomic mass is 19.3. The van der Waals surface area contributed by atoms with Gasteiger partial charge in [0.1, 0.15) is 5.75 Å². The maximum Gasteiger partial charge on any atom is 0.494 e. The molecule has 0 radical (unpaired) electrons. The Labute approximate surface area is 118 Å². The summed E-state index contributed by atoms with van der Waals surface area (Å²) in [7, 11) is 0.721. The number of hydrogen-bond donors (Lipinski definition) is 0. The fourth-order valence-corrected chi connectivity index (χ4v) is 2.05. The molecule has 1 aliphatic heterocycles. The van der Waals surface area contributed by atoms with Crippen molar-refractivity contribution in [1.29, 1.82) is 0 Å². The van der Waals surface area contributed by atoms with Gasteiger partial charge in [-0.25, -0.2) is 8.78 Å². The van der Waals surface area contributed by atoms with Crippen LogP contribution in [0, 0.1) is 0 Å². The van der Waals surface area contributed by atoms with Gasteiger partial charge in [-0.3, -0.25) is 0 Å². The Kier molecular flexibility index (Phi) is 3.82. The molecule has 0 N–H and O–H groups in total. The topological polar surface area (TPSA) is 27.7 Å². The van der Waals surface area contributed by atoms with E-state index in [0.29, 0.717) is 5.46 Å². The summed E-state index contributed by atoms with van der Waals surface area (Å²) in [6, 6.07) is 4.58. The van der Waals surface area contributed by atoms with Crippen molar-refractivity contribution >= 4 is 12.6 Å². The molecule has 1 fully saturated rings. The van der Waals surface area contributed by atoms with Crippen LogP contribution in [0.25, 0.3) is 0 Å². The molecule has 20 heavy (non-hydrogen) atoms. The van der Waals surface area contributed by atoms with Crippen molar-refractivity contribution in [2.45, 2.75) is 45.3 Å². The molecule has 6 heteroatoms. The highest BCUT2D eigenvalue weighted by Gasteiger charge is 2.51. The molecule has 2 rings (SSSR count). The van der Waals surface area contributed by atoms with E-state index < -0.39 is 24.7 Å². The minimum Gasteiger partial charge on any atom is -0.496 e. The minimum atomic E-state index is -2.60. The van der Waals surface area contributed by atoms with Gasteiger partial charge in [0.15, 0.2) is 0 Å². The molecule has 0 atom stereocenters. The second kappa shape index (κ2) is 5.00.